The maximum absolute atomic E-state index is 16.8. The van der Waals surface area contributed by atoms with Crippen LogP contribution < -0.4 is 24.8 Å². The van der Waals surface area contributed by atoms with Crippen molar-refractivity contribution in [1.29, 1.82) is 0 Å². The summed E-state index contributed by atoms with van der Waals surface area (Å²) in [6.07, 6.45) is -2.81. The molecule has 2 aromatic heterocycles. The maximum Gasteiger partial charge on any atom is 0.437 e. The molecule has 1 spiro atoms. The second kappa shape index (κ2) is 14.8. The van der Waals surface area contributed by atoms with Crippen LogP contribution in [-0.2, 0) is 35.3 Å². The summed E-state index contributed by atoms with van der Waals surface area (Å²) in [5.41, 5.74) is -7.22. The van der Waals surface area contributed by atoms with Crippen LogP contribution >= 0.6 is 0 Å². The van der Waals surface area contributed by atoms with Gasteiger partial charge in [-0.2, -0.15) is 13.2 Å². The monoisotopic (exact) mass is 852 g/mol. The van der Waals surface area contributed by atoms with Gasteiger partial charge in [-0.3, -0.25) is 19.1 Å². The Morgan fingerprint density at radius 1 is 1.05 bits per heavy atom. The molecule has 2 saturated carbocycles. The molecule has 5 heterocycles. The number of methoxy groups -OCH3 is 1. The molecule has 6 atom stereocenters. The van der Waals surface area contributed by atoms with Gasteiger partial charge in [0.2, 0.25) is 27.7 Å². The van der Waals surface area contributed by atoms with E-state index in [1.165, 1.54) is 26.2 Å². The first-order chi connectivity index (χ1) is 27.5. The number of amides is 4. The third kappa shape index (κ3) is 8.24. The molecule has 20 heteroatoms. The van der Waals surface area contributed by atoms with E-state index in [-0.39, 0.29) is 29.8 Å². The summed E-state index contributed by atoms with van der Waals surface area (Å²) >= 11 is 0. The number of hydrogen-bond acceptors (Lipinski definition) is 11. The van der Waals surface area contributed by atoms with E-state index >= 15 is 4.39 Å². The number of sulfonamides is 1. The van der Waals surface area contributed by atoms with E-state index in [0.29, 0.717) is 38.5 Å². The van der Waals surface area contributed by atoms with Crippen molar-refractivity contribution in [1.82, 2.24) is 30.2 Å². The summed E-state index contributed by atoms with van der Waals surface area (Å²) in [5.74, 6) is -4.35. The van der Waals surface area contributed by atoms with Gasteiger partial charge in [0.25, 0.3) is 5.91 Å². The molecule has 7 rings (SSSR count). The molecule has 322 valence electrons. The number of nitrogens with one attached hydrogen (secondary N) is 3. The van der Waals surface area contributed by atoms with Crippen LogP contribution in [0.25, 0.3) is 11.0 Å². The predicted octanol–water partition coefficient (Wildman–Crippen LogP) is 5.08. The van der Waals surface area contributed by atoms with Gasteiger partial charge in [-0.15, -0.1) is 0 Å². The Kier molecular flexibility index (Phi) is 10.6. The van der Waals surface area contributed by atoms with Gasteiger partial charge >= 0.3 is 12.3 Å². The van der Waals surface area contributed by atoms with Crippen molar-refractivity contribution in [2.75, 3.05) is 13.7 Å². The number of aromatic nitrogens is 2. The second-order valence-corrected chi connectivity index (χ2v) is 19.7. The number of carbonyl (C=O) groups is 4. The number of allylic oxidation sites excluding steroid dienone is 1. The molecule has 5 aliphatic rings. The first kappa shape index (κ1) is 42.4. The molecule has 3 N–H and O–H groups in total. The SMILES string of the molecule is COc1ccc2nc(C(F)(F)F)c3c(c2n1)C(F)C[C@]1(C[C@H]2C(=O)N[C@]4(C(=O)NS(=O)(=O)C5(C)CC5)C[C@H]4/C=C\CCCCC[C@H](NC(=O)OC(C)(C)C)C(=O)N2C1)O3. The lowest BCUT2D eigenvalue weighted by Gasteiger charge is -2.38. The minimum atomic E-state index is -5.14. The highest BCUT2D eigenvalue weighted by molar-refractivity contribution is 7.91. The average Bonchev–Trinajstić information content (AvgIpc) is 4.03. The predicted molar refractivity (Wildman–Crippen MR) is 202 cm³/mol. The molecule has 0 aromatic carbocycles. The zero-order valence-electron chi connectivity index (χ0n) is 33.3. The highest BCUT2D eigenvalue weighted by Crippen LogP contribution is 2.53. The summed E-state index contributed by atoms with van der Waals surface area (Å²) in [6.45, 7) is 5.77. The number of fused-ring (bicyclic) bond motifs is 5. The summed E-state index contributed by atoms with van der Waals surface area (Å²) in [6, 6.07) is -0.387. The molecule has 0 bridgehead atoms. The number of rotatable bonds is 5. The number of pyridine rings is 2. The Balaban J connectivity index is 1.29. The van der Waals surface area contributed by atoms with Crippen LogP contribution in [0.2, 0.25) is 0 Å². The molecule has 15 nitrogen and oxygen atoms in total. The molecule has 0 radical (unpaired) electrons. The van der Waals surface area contributed by atoms with Crippen molar-refractivity contribution < 1.29 is 59.4 Å². The molecule has 3 aliphatic heterocycles. The molecular weight excluding hydrogens is 805 g/mol. The van der Waals surface area contributed by atoms with Crippen LogP contribution in [-0.4, -0.2) is 94.3 Å². The average molecular weight is 853 g/mol. The smallest absolute Gasteiger partial charge is 0.437 e. The summed E-state index contributed by atoms with van der Waals surface area (Å²) in [7, 11) is -2.86. The fourth-order valence-corrected chi connectivity index (χ4v) is 9.48. The Labute approximate surface area is 338 Å². The Morgan fingerprint density at radius 3 is 2.44 bits per heavy atom. The summed E-state index contributed by atoms with van der Waals surface area (Å²) in [5, 5.41) is 5.28. The van der Waals surface area contributed by atoms with Crippen molar-refractivity contribution in [3.63, 3.8) is 0 Å². The van der Waals surface area contributed by atoms with Gasteiger partial charge in [0.1, 0.15) is 40.5 Å². The zero-order valence-corrected chi connectivity index (χ0v) is 34.1. The van der Waals surface area contributed by atoms with E-state index in [1.54, 1.807) is 26.8 Å². The topological polar surface area (TPSA) is 195 Å². The van der Waals surface area contributed by atoms with Crippen LogP contribution in [0.5, 0.6) is 11.6 Å². The van der Waals surface area contributed by atoms with Gasteiger partial charge in [-0.1, -0.05) is 25.0 Å². The van der Waals surface area contributed by atoms with E-state index < -0.39 is 122 Å². The van der Waals surface area contributed by atoms with E-state index in [1.807, 2.05) is 6.08 Å². The molecule has 1 unspecified atom stereocenters. The van der Waals surface area contributed by atoms with Crippen LogP contribution in [0.3, 0.4) is 0 Å². The van der Waals surface area contributed by atoms with Gasteiger partial charge in [0.15, 0.2) is 11.4 Å². The quantitative estimate of drug-likeness (QED) is 0.268. The normalized spacial score (nSPS) is 30.0. The van der Waals surface area contributed by atoms with Crippen molar-refractivity contribution in [3.8, 4) is 11.6 Å². The third-order valence-corrected chi connectivity index (χ3v) is 13.9. The van der Waals surface area contributed by atoms with E-state index in [0.717, 1.165) is 4.90 Å². The number of ether oxygens (including phenoxy) is 3. The van der Waals surface area contributed by atoms with E-state index in [4.69, 9.17) is 14.2 Å². The molecule has 3 fully saturated rings. The lowest BCUT2D eigenvalue weighted by atomic mass is 9.86. The molecule has 2 aliphatic carbocycles. The standard InChI is InChI=1S/C39H48F4N6O9S/c1-35(2,3)58-34(53)45-24-12-10-8-6-7-9-11-21-17-38(21,33(52)48-59(54,55)36(4)15-16-36)47-31(50)25-19-37(20-49(25)32(24)51)18-22(40)27-28-23(13-14-26(46-28)56-5)44-30(29(27)57-37)39(41,42)43/h9,11,13-14,21-22,24-25H,6-8,10,12,15-20H2,1-5H3,(H,45,53)(H,47,50)(H,48,52)/b11-9-/t21-,22?,24+,25+,37-,38-/m1/s1. The van der Waals surface area contributed by atoms with Gasteiger partial charge in [-0.05, 0) is 72.3 Å². The van der Waals surface area contributed by atoms with Crippen LogP contribution in [0, 0.1) is 5.92 Å². The van der Waals surface area contributed by atoms with Crippen LogP contribution in [0.4, 0.5) is 22.4 Å². The fourth-order valence-electron chi connectivity index (χ4n) is 8.17. The molecule has 59 heavy (non-hydrogen) atoms. The number of carbonyl (C=O) groups excluding carboxylic acids is 4. The van der Waals surface area contributed by atoms with Gasteiger partial charge in [0, 0.05) is 24.8 Å². The first-order valence-electron chi connectivity index (χ1n) is 19.6. The van der Waals surface area contributed by atoms with Crippen molar-refractivity contribution >= 4 is 44.9 Å². The number of halogens is 4. The summed E-state index contributed by atoms with van der Waals surface area (Å²) < 4.78 is 105. The van der Waals surface area contributed by atoms with Crippen molar-refractivity contribution in [3.05, 3.63) is 35.5 Å². The lowest BCUT2D eigenvalue weighted by molar-refractivity contribution is -0.145. The van der Waals surface area contributed by atoms with Gasteiger partial charge < -0.3 is 29.7 Å². The van der Waals surface area contributed by atoms with Crippen LogP contribution in [0.1, 0.15) is 109 Å². The third-order valence-electron chi connectivity index (χ3n) is 11.8. The van der Waals surface area contributed by atoms with E-state index in [2.05, 4.69) is 25.3 Å². The van der Waals surface area contributed by atoms with Gasteiger partial charge in [0.05, 0.1) is 29.5 Å². The van der Waals surface area contributed by atoms with Gasteiger partial charge in [-0.25, -0.2) is 27.6 Å². The van der Waals surface area contributed by atoms with Crippen LogP contribution in [0.15, 0.2) is 24.3 Å². The largest absolute Gasteiger partial charge is 0.482 e. The molecular formula is C39H48F4N6O9S. The Hall–Kier alpha value is -4.75. The summed E-state index contributed by atoms with van der Waals surface area (Å²) in [4.78, 5) is 65.2. The van der Waals surface area contributed by atoms with E-state index in [9.17, 15) is 40.8 Å². The second-order valence-electron chi connectivity index (χ2n) is 17.5. The first-order valence-corrected chi connectivity index (χ1v) is 21.1. The molecule has 1 saturated heterocycles. The minimum absolute atomic E-state index is 0.0164. The zero-order chi connectivity index (χ0) is 42.9. The molecule has 4 amide bonds. The Morgan fingerprint density at radius 2 is 1.78 bits per heavy atom. The number of hydrogen-bond donors (Lipinski definition) is 3. The lowest BCUT2D eigenvalue weighted by Crippen LogP contribution is -2.58. The number of nitrogens with zero attached hydrogens (tertiary/aromatic N) is 3. The number of alkyl halides is 4. The van der Waals surface area contributed by atoms with Crippen molar-refractivity contribution in [2.24, 2.45) is 5.92 Å². The number of alkyl carbamates (subject to hydrolysis) is 1. The van der Waals surface area contributed by atoms with Crippen molar-refractivity contribution in [2.45, 2.75) is 138 Å². The Bertz CT molecular complexity index is 2210. The highest BCUT2D eigenvalue weighted by Gasteiger charge is 2.64. The maximum atomic E-state index is 16.8. The highest BCUT2D eigenvalue weighted by atomic mass is 32.2. The fraction of sp³-hybridized carbons (Fsp3) is 0.641. The minimum Gasteiger partial charge on any atom is -0.482 e. The molecule has 2 aromatic rings.